The topological polar surface area (TPSA) is 72.2 Å². The zero-order valence-corrected chi connectivity index (χ0v) is 9.75. The van der Waals surface area contributed by atoms with Crippen molar-refractivity contribution in [2.75, 3.05) is 6.54 Å². The molecule has 0 atom stereocenters. The van der Waals surface area contributed by atoms with Gasteiger partial charge < -0.3 is 4.52 Å². The normalized spacial score (nSPS) is 12.2. The van der Waals surface area contributed by atoms with E-state index in [0.717, 1.165) is 18.4 Å². The summed E-state index contributed by atoms with van der Waals surface area (Å²) in [5.74, 6) is 0. The van der Waals surface area contributed by atoms with Crippen molar-refractivity contribution < 1.29 is 12.9 Å². The summed E-state index contributed by atoms with van der Waals surface area (Å²) in [6, 6.07) is 0. The van der Waals surface area contributed by atoms with Gasteiger partial charge in [-0.2, -0.15) is 0 Å². The van der Waals surface area contributed by atoms with Gasteiger partial charge in [-0.15, -0.1) is 0 Å². The number of rotatable bonds is 6. The Morgan fingerprint density at radius 2 is 2.27 bits per heavy atom. The van der Waals surface area contributed by atoms with Crippen LogP contribution in [0.25, 0.3) is 0 Å². The van der Waals surface area contributed by atoms with Crippen LogP contribution in [-0.2, 0) is 16.4 Å². The molecule has 0 aliphatic heterocycles. The molecule has 15 heavy (non-hydrogen) atoms. The second-order valence-electron chi connectivity index (χ2n) is 3.62. The molecule has 0 saturated heterocycles. The summed E-state index contributed by atoms with van der Waals surface area (Å²) in [6.07, 6.45) is 4.71. The number of hydrogen-bond donors (Lipinski definition) is 1. The van der Waals surface area contributed by atoms with Gasteiger partial charge in [0.25, 0.3) is 0 Å². The molecule has 1 N–H and O–H groups in total. The first-order valence-corrected chi connectivity index (χ1v) is 6.44. The molecule has 0 radical (unpaired) electrons. The molecule has 5 nitrogen and oxygen atoms in total. The molecule has 0 spiro atoms. The Balaban J connectivity index is 2.23. The average molecular weight is 232 g/mol. The van der Waals surface area contributed by atoms with Crippen LogP contribution in [0.4, 0.5) is 0 Å². The van der Waals surface area contributed by atoms with Crippen LogP contribution in [0.15, 0.2) is 17.0 Å². The van der Waals surface area contributed by atoms with Crippen molar-refractivity contribution in [2.45, 2.75) is 31.9 Å². The summed E-state index contributed by atoms with van der Waals surface area (Å²) in [5.41, 5.74) is 0.985. The highest BCUT2D eigenvalue weighted by atomic mass is 32.2. The predicted octanol–water partition coefficient (Wildman–Crippen LogP) is 0.935. The highest BCUT2D eigenvalue weighted by molar-refractivity contribution is 7.90. The summed E-state index contributed by atoms with van der Waals surface area (Å²) in [6.45, 7) is 3.76. The van der Waals surface area contributed by atoms with E-state index in [9.17, 15) is 8.42 Å². The van der Waals surface area contributed by atoms with E-state index in [0.29, 0.717) is 6.54 Å². The second kappa shape index (κ2) is 5.27. The lowest BCUT2D eigenvalue weighted by Crippen LogP contribution is -2.31. The highest BCUT2D eigenvalue weighted by Crippen LogP contribution is 2.01. The predicted molar refractivity (Wildman–Crippen MR) is 56.9 cm³/mol. The third-order valence-electron chi connectivity index (χ3n) is 2.05. The van der Waals surface area contributed by atoms with E-state index in [1.807, 2.05) is 0 Å². The Morgan fingerprint density at radius 3 is 2.80 bits per heavy atom. The molecule has 0 fully saturated rings. The zero-order valence-electron chi connectivity index (χ0n) is 8.93. The smallest absolute Gasteiger partial charge is 0.213 e. The van der Waals surface area contributed by atoms with Crippen LogP contribution in [0, 0.1) is 0 Å². The maximum Gasteiger partial charge on any atom is 0.213 e. The fraction of sp³-hybridized carbons (Fsp3) is 0.667. The molecule has 1 aromatic heterocycles. The maximum absolute atomic E-state index is 11.3. The number of nitrogens with zero attached hydrogens (tertiary/aromatic N) is 1. The molecule has 86 valence electrons. The van der Waals surface area contributed by atoms with Crippen LogP contribution in [0.2, 0.25) is 0 Å². The lowest BCUT2D eigenvalue weighted by molar-refractivity contribution is 0.418. The minimum atomic E-state index is -3.13. The summed E-state index contributed by atoms with van der Waals surface area (Å²) in [4.78, 5) is 0. The number of aryl methyl sites for hydroxylation is 1. The van der Waals surface area contributed by atoms with Crippen LogP contribution < -0.4 is 4.72 Å². The number of nitrogens with one attached hydrogen (secondary N) is 1. The Bertz CT molecular complexity index is 370. The molecule has 0 saturated carbocycles. The Kier molecular flexibility index (Phi) is 4.28. The minimum Gasteiger partial charge on any atom is -0.364 e. The molecule has 6 heteroatoms. The third-order valence-corrected chi connectivity index (χ3v) is 3.90. The van der Waals surface area contributed by atoms with Gasteiger partial charge >= 0.3 is 0 Å². The molecular formula is C9H16N2O3S. The fourth-order valence-corrected chi connectivity index (χ4v) is 1.79. The number of hydrogen-bond acceptors (Lipinski definition) is 4. The Labute approximate surface area is 89.9 Å². The molecule has 0 bridgehead atoms. The standard InChI is InChI=1S/C9H16N2O3S/c1-8(2)15(12,13)11-5-3-4-9-6-10-14-7-9/h6-8,11H,3-5H2,1-2H3. The van der Waals surface area contributed by atoms with E-state index < -0.39 is 10.0 Å². The van der Waals surface area contributed by atoms with Crippen molar-refractivity contribution in [3.8, 4) is 0 Å². The van der Waals surface area contributed by atoms with Crippen molar-refractivity contribution in [2.24, 2.45) is 0 Å². The molecule has 0 amide bonds. The van der Waals surface area contributed by atoms with Crippen molar-refractivity contribution in [1.82, 2.24) is 9.88 Å². The molecule has 0 aliphatic carbocycles. The minimum absolute atomic E-state index is 0.381. The molecular weight excluding hydrogens is 216 g/mol. The quantitative estimate of drug-likeness (QED) is 0.741. The highest BCUT2D eigenvalue weighted by Gasteiger charge is 2.13. The van der Waals surface area contributed by atoms with E-state index in [2.05, 4.69) is 14.4 Å². The summed E-state index contributed by atoms with van der Waals surface area (Å²) >= 11 is 0. The Morgan fingerprint density at radius 1 is 1.53 bits per heavy atom. The maximum atomic E-state index is 11.3. The first-order chi connectivity index (χ1) is 7.02. The summed E-state index contributed by atoms with van der Waals surface area (Å²) in [7, 11) is -3.13. The number of sulfonamides is 1. The molecule has 0 unspecified atom stereocenters. The van der Waals surface area contributed by atoms with Gasteiger partial charge in [-0.1, -0.05) is 5.16 Å². The molecule has 0 aliphatic rings. The van der Waals surface area contributed by atoms with Gasteiger partial charge in [0.15, 0.2) is 0 Å². The van der Waals surface area contributed by atoms with Crippen LogP contribution in [0.5, 0.6) is 0 Å². The zero-order chi connectivity index (χ0) is 11.3. The van der Waals surface area contributed by atoms with Gasteiger partial charge in [0, 0.05) is 12.1 Å². The Hall–Kier alpha value is -0.880. The van der Waals surface area contributed by atoms with E-state index in [-0.39, 0.29) is 5.25 Å². The van der Waals surface area contributed by atoms with Crippen LogP contribution in [0.3, 0.4) is 0 Å². The van der Waals surface area contributed by atoms with Crippen molar-refractivity contribution in [1.29, 1.82) is 0 Å². The molecule has 1 heterocycles. The van der Waals surface area contributed by atoms with E-state index in [1.54, 1.807) is 26.3 Å². The van der Waals surface area contributed by atoms with Gasteiger partial charge in [-0.25, -0.2) is 13.1 Å². The van der Waals surface area contributed by atoms with Crippen LogP contribution >= 0.6 is 0 Å². The summed E-state index contributed by atoms with van der Waals surface area (Å²) in [5, 5.41) is 3.18. The van der Waals surface area contributed by atoms with Crippen LogP contribution in [0.1, 0.15) is 25.8 Å². The second-order valence-corrected chi connectivity index (χ2v) is 5.95. The van der Waals surface area contributed by atoms with Gasteiger partial charge in [0.1, 0.15) is 6.26 Å². The SMILES string of the molecule is CC(C)S(=O)(=O)NCCCc1cnoc1. The lowest BCUT2D eigenvalue weighted by Gasteiger charge is -2.08. The van der Waals surface area contributed by atoms with E-state index in [4.69, 9.17) is 0 Å². The van der Waals surface area contributed by atoms with E-state index >= 15 is 0 Å². The van der Waals surface area contributed by atoms with E-state index in [1.165, 1.54) is 0 Å². The van der Waals surface area contributed by atoms with Crippen molar-refractivity contribution >= 4 is 10.0 Å². The van der Waals surface area contributed by atoms with Gasteiger partial charge in [0.05, 0.1) is 11.4 Å². The largest absolute Gasteiger partial charge is 0.364 e. The monoisotopic (exact) mass is 232 g/mol. The lowest BCUT2D eigenvalue weighted by atomic mass is 10.2. The molecule has 0 aromatic carbocycles. The van der Waals surface area contributed by atoms with Gasteiger partial charge in [-0.05, 0) is 26.7 Å². The third kappa shape index (κ3) is 4.01. The first-order valence-electron chi connectivity index (χ1n) is 4.89. The molecule has 1 rings (SSSR count). The average Bonchev–Trinajstić information content (AvgIpc) is 2.64. The fourth-order valence-electron chi connectivity index (χ4n) is 1.02. The van der Waals surface area contributed by atoms with Crippen LogP contribution in [-0.4, -0.2) is 25.4 Å². The number of aromatic nitrogens is 1. The summed E-state index contributed by atoms with van der Waals surface area (Å²) < 4.78 is 29.9. The van der Waals surface area contributed by atoms with Crippen molar-refractivity contribution in [3.05, 3.63) is 18.0 Å². The molecule has 1 aromatic rings. The van der Waals surface area contributed by atoms with Gasteiger partial charge in [0.2, 0.25) is 10.0 Å². The first kappa shape index (κ1) is 12.2. The van der Waals surface area contributed by atoms with Gasteiger partial charge in [-0.3, -0.25) is 0 Å². The van der Waals surface area contributed by atoms with Crippen molar-refractivity contribution in [3.63, 3.8) is 0 Å².